The molecular weight excluding hydrogens is 318 g/mol. The number of hydrogen-bond donors (Lipinski definition) is 1. The summed E-state index contributed by atoms with van der Waals surface area (Å²) >= 11 is 9.40. The molecule has 0 radical (unpaired) electrons. The third-order valence-corrected chi connectivity index (χ3v) is 3.92. The Morgan fingerprint density at radius 2 is 2.28 bits per heavy atom. The molecule has 0 aliphatic rings. The second kappa shape index (κ2) is 7.77. The standard InChI is InChI=1S/C13H17BrClNO2/c1-9-4-3-5-11(12(9)14)13(17)16-7-6-10(15)8-18-2/h3-5,10H,6-8H2,1-2H3,(H,16,17). The van der Waals surface area contributed by atoms with E-state index in [-0.39, 0.29) is 11.3 Å². The molecule has 5 heteroatoms. The molecule has 0 bridgehead atoms. The lowest BCUT2D eigenvalue weighted by Gasteiger charge is -2.10. The van der Waals surface area contributed by atoms with E-state index in [2.05, 4.69) is 21.2 Å². The van der Waals surface area contributed by atoms with Crippen LogP contribution in [0.5, 0.6) is 0 Å². The molecule has 3 nitrogen and oxygen atoms in total. The van der Waals surface area contributed by atoms with Gasteiger partial charge in [0.25, 0.3) is 5.91 Å². The summed E-state index contributed by atoms with van der Waals surface area (Å²) in [5.41, 5.74) is 1.69. The zero-order valence-corrected chi connectivity index (χ0v) is 12.8. The third kappa shape index (κ3) is 4.59. The van der Waals surface area contributed by atoms with Gasteiger partial charge >= 0.3 is 0 Å². The summed E-state index contributed by atoms with van der Waals surface area (Å²) in [6.45, 7) is 2.98. The number of alkyl halides is 1. The molecule has 0 aliphatic carbocycles. The number of rotatable bonds is 6. The monoisotopic (exact) mass is 333 g/mol. The Hall–Kier alpha value is -0.580. The molecule has 1 atom stereocenters. The minimum atomic E-state index is -0.0909. The quantitative estimate of drug-likeness (QED) is 0.812. The third-order valence-electron chi connectivity index (χ3n) is 2.53. The van der Waals surface area contributed by atoms with Crippen LogP contribution in [0.3, 0.4) is 0 Å². The van der Waals surface area contributed by atoms with E-state index < -0.39 is 0 Å². The number of hydrogen-bond acceptors (Lipinski definition) is 2. The van der Waals surface area contributed by atoms with Gasteiger partial charge in [0.05, 0.1) is 17.5 Å². The number of methoxy groups -OCH3 is 1. The maximum atomic E-state index is 11.9. The molecule has 0 aromatic heterocycles. The topological polar surface area (TPSA) is 38.3 Å². The number of amides is 1. The van der Waals surface area contributed by atoms with Crippen molar-refractivity contribution < 1.29 is 9.53 Å². The van der Waals surface area contributed by atoms with Crippen LogP contribution in [-0.4, -0.2) is 31.5 Å². The Kier molecular flexibility index (Phi) is 6.68. The predicted molar refractivity (Wildman–Crippen MR) is 77.3 cm³/mol. The molecule has 1 N–H and O–H groups in total. The SMILES string of the molecule is COCC(Cl)CCNC(=O)c1cccc(C)c1Br. The Morgan fingerprint density at radius 1 is 1.56 bits per heavy atom. The molecule has 1 aromatic rings. The van der Waals surface area contributed by atoms with Crippen molar-refractivity contribution in [3.63, 3.8) is 0 Å². The van der Waals surface area contributed by atoms with E-state index in [1.54, 1.807) is 13.2 Å². The van der Waals surface area contributed by atoms with Crippen LogP contribution in [0.4, 0.5) is 0 Å². The average molecular weight is 335 g/mol. The van der Waals surface area contributed by atoms with Crippen LogP contribution < -0.4 is 5.32 Å². The van der Waals surface area contributed by atoms with E-state index in [0.717, 1.165) is 10.0 Å². The maximum absolute atomic E-state index is 11.9. The van der Waals surface area contributed by atoms with Gasteiger partial charge in [0, 0.05) is 18.1 Å². The van der Waals surface area contributed by atoms with Crippen molar-refractivity contribution in [2.45, 2.75) is 18.7 Å². The number of carbonyl (C=O) groups excluding carboxylic acids is 1. The molecule has 0 fully saturated rings. The highest BCUT2D eigenvalue weighted by molar-refractivity contribution is 9.10. The lowest BCUT2D eigenvalue weighted by Crippen LogP contribution is -2.27. The van der Waals surface area contributed by atoms with Crippen LogP contribution in [0.1, 0.15) is 22.3 Å². The highest BCUT2D eigenvalue weighted by Crippen LogP contribution is 2.20. The number of carbonyl (C=O) groups is 1. The smallest absolute Gasteiger partial charge is 0.252 e. The van der Waals surface area contributed by atoms with Crippen LogP contribution in [-0.2, 0) is 4.74 Å². The first-order valence-corrected chi connectivity index (χ1v) is 6.95. The zero-order valence-electron chi connectivity index (χ0n) is 10.5. The zero-order chi connectivity index (χ0) is 13.5. The highest BCUT2D eigenvalue weighted by atomic mass is 79.9. The van der Waals surface area contributed by atoms with Gasteiger partial charge in [-0.3, -0.25) is 4.79 Å². The van der Waals surface area contributed by atoms with Crippen LogP contribution in [0.2, 0.25) is 0 Å². The van der Waals surface area contributed by atoms with Gasteiger partial charge in [0.1, 0.15) is 0 Å². The van der Waals surface area contributed by atoms with Gasteiger partial charge in [-0.15, -0.1) is 11.6 Å². The fraction of sp³-hybridized carbons (Fsp3) is 0.462. The van der Waals surface area contributed by atoms with E-state index in [4.69, 9.17) is 16.3 Å². The van der Waals surface area contributed by atoms with Crippen molar-refractivity contribution in [1.82, 2.24) is 5.32 Å². The van der Waals surface area contributed by atoms with E-state index in [1.165, 1.54) is 0 Å². The molecule has 100 valence electrons. The molecule has 0 spiro atoms. The summed E-state index contributed by atoms with van der Waals surface area (Å²) in [6, 6.07) is 5.61. The van der Waals surface area contributed by atoms with Gasteiger partial charge in [-0.05, 0) is 40.9 Å². The Balaban J connectivity index is 2.48. The largest absolute Gasteiger partial charge is 0.383 e. The van der Waals surface area contributed by atoms with E-state index in [9.17, 15) is 4.79 Å². The molecule has 0 saturated heterocycles. The van der Waals surface area contributed by atoms with Crippen LogP contribution in [0, 0.1) is 6.92 Å². The fourth-order valence-corrected chi connectivity index (χ4v) is 2.20. The summed E-state index contributed by atoms with van der Waals surface area (Å²) < 4.78 is 5.76. The Bertz CT molecular complexity index is 412. The Labute approximate surface area is 121 Å². The van der Waals surface area contributed by atoms with Crippen molar-refractivity contribution in [3.05, 3.63) is 33.8 Å². The number of aryl methyl sites for hydroxylation is 1. The van der Waals surface area contributed by atoms with E-state index in [0.29, 0.717) is 25.1 Å². The first kappa shape index (κ1) is 15.5. The second-order valence-electron chi connectivity index (χ2n) is 4.03. The minimum absolute atomic E-state index is 0.0729. The number of nitrogens with one attached hydrogen (secondary N) is 1. The molecular formula is C13H17BrClNO2. The van der Waals surface area contributed by atoms with Crippen molar-refractivity contribution >= 4 is 33.4 Å². The molecule has 1 unspecified atom stereocenters. The molecule has 1 aromatic carbocycles. The van der Waals surface area contributed by atoms with Crippen LogP contribution in [0.25, 0.3) is 0 Å². The van der Waals surface area contributed by atoms with Crippen LogP contribution >= 0.6 is 27.5 Å². The highest BCUT2D eigenvalue weighted by Gasteiger charge is 2.11. The molecule has 18 heavy (non-hydrogen) atoms. The van der Waals surface area contributed by atoms with Crippen molar-refractivity contribution in [1.29, 1.82) is 0 Å². The summed E-state index contributed by atoms with van der Waals surface area (Å²) in [7, 11) is 1.61. The number of halogens is 2. The van der Waals surface area contributed by atoms with Gasteiger partial charge in [0.15, 0.2) is 0 Å². The summed E-state index contributed by atoms with van der Waals surface area (Å²) in [5, 5.41) is 2.77. The predicted octanol–water partition coefficient (Wildman–Crippen LogP) is 3.13. The normalized spacial score (nSPS) is 12.2. The van der Waals surface area contributed by atoms with Crippen molar-refractivity contribution in [2.24, 2.45) is 0 Å². The molecule has 1 amide bonds. The molecule has 0 saturated carbocycles. The minimum Gasteiger partial charge on any atom is -0.383 e. The van der Waals surface area contributed by atoms with Gasteiger partial charge in [-0.25, -0.2) is 0 Å². The van der Waals surface area contributed by atoms with Crippen molar-refractivity contribution in [2.75, 3.05) is 20.3 Å². The van der Waals surface area contributed by atoms with E-state index in [1.807, 2.05) is 19.1 Å². The lowest BCUT2D eigenvalue weighted by molar-refractivity contribution is 0.0951. The van der Waals surface area contributed by atoms with Gasteiger partial charge in [0.2, 0.25) is 0 Å². The fourth-order valence-electron chi connectivity index (χ4n) is 1.52. The first-order chi connectivity index (χ1) is 8.56. The van der Waals surface area contributed by atoms with E-state index >= 15 is 0 Å². The number of benzene rings is 1. The van der Waals surface area contributed by atoms with Gasteiger partial charge in [-0.2, -0.15) is 0 Å². The molecule has 0 aliphatic heterocycles. The maximum Gasteiger partial charge on any atom is 0.252 e. The summed E-state index contributed by atoms with van der Waals surface area (Å²) in [6.07, 6.45) is 0.685. The van der Waals surface area contributed by atoms with Crippen LogP contribution in [0.15, 0.2) is 22.7 Å². The molecule has 0 heterocycles. The lowest BCUT2D eigenvalue weighted by atomic mass is 10.1. The second-order valence-corrected chi connectivity index (χ2v) is 5.44. The number of ether oxygens (including phenoxy) is 1. The van der Waals surface area contributed by atoms with Crippen molar-refractivity contribution in [3.8, 4) is 0 Å². The first-order valence-electron chi connectivity index (χ1n) is 5.72. The van der Waals surface area contributed by atoms with Gasteiger partial charge < -0.3 is 10.1 Å². The molecule has 1 rings (SSSR count). The summed E-state index contributed by atoms with van der Waals surface area (Å²) in [5.74, 6) is -0.0909. The van der Waals surface area contributed by atoms with Gasteiger partial charge in [-0.1, -0.05) is 12.1 Å². The average Bonchev–Trinajstić information content (AvgIpc) is 2.33. The summed E-state index contributed by atoms with van der Waals surface area (Å²) in [4.78, 5) is 11.9. The Morgan fingerprint density at radius 3 is 2.94 bits per heavy atom.